The van der Waals surface area contributed by atoms with Crippen molar-refractivity contribution in [1.82, 2.24) is 0 Å². The molecule has 158 valence electrons. The lowest BCUT2D eigenvalue weighted by molar-refractivity contribution is 0.282. The molecule has 0 fully saturated rings. The fraction of sp³-hybridized carbons (Fsp3) is 0.0870. The number of ether oxygens (including phenoxy) is 2. The highest BCUT2D eigenvalue weighted by atomic mass is 79.9. The third-order valence-electron chi connectivity index (χ3n) is 4.30. The highest BCUT2D eigenvalue weighted by Gasteiger charge is 2.17. The van der Waals surface area contributed by atoms with Crippen molar-refractivity contribution in [3.63, 3.8) is 0 Å². The van der Waals surface area contributed by atoms with Crippen molar-refractivity contribution in [2.45, 2.75) is 6.61 Å². The predicted molar refractivity (Wildman–Crippen MR) is 137 cm³/mol. The Labute approximate surface area is 216 Å². The Morgan fingerprint density at radius 2 is 1.81 bits per heavy atom. The Morgan fingerprint density at radius 1 is 1.03 bits per heavy atom. The van der Waals surface area contributed by atoms with Crippen molar-refractivity contribution in [3.8, 4) is 17.6 Å². The maximum Gasteiger partial charge on any atom is 0.177 e. The molecule has 0 aliphatic heterocycles. The van der Waals surface area contributed by atoms with E-state index in [2.05, 4.69) is 53.9 Å². The number of rotatable bonds is 6. The molecule has 0 heterocycles. The average Bonchev–Trinajstić information content (AvgIpc) is 2.76. The minimum Gasteiger partial charge on any atom is -0.493 e. The van der Waals surface area contributed by atoms with Crippen LogP contribution in [0.4, 0.5) is 0 Å². The van der Waals surface area contributed by atoms with Gasteiger partial charge in [-0.1, -0.05) is 57.3 Å². The molecule has 0 aromatic heterocycles. The van der Waals surface area contributed by atoms with Crippen LogP contribution in [0.5, 0.6) is 11.5 Å². The van der Waals surface area contributed by atoms with E-state index in [1.807, 2.05) is 36.4 Å². The van der Waals surface area contributed by atoms with Gasteiger partial charge in [-0.2, -0.15) is 5.26 Å². The van der Waals surface area contributed by atoms with Gasteiger partial charge in [0.25, 0.3) is 0 Å². The van der Waals surface area contributed by atoms with E-state index >= 15 is 0 Å². The third-order valence-corrected chi connectivity index (χ3v) is 7.67. The van der Waals surface area contributed by atoms with Gasteiger partial charge in [0, 0.05) is 8.95 Å². The number of nitrogens with zero attached hydrogens (tertiary/aromatic N) is 1. The Balaban J connectivity index is 1.97. The van der Waals surface area contributed by atoms with Crippen molar-refractivity contribution in [2.75, 3.05) is 7.11 Å². The summed E-state index contributed by atoms with van der Waals surface area (Å²) in [6.07, 6.45) is 1.79. The molecular formula is C23H14Br3Cl2NO2. The van der Waals surface area contributed by atoms with Crippen molar-refractivity contribution in [1.29, 1.82) is 5.26 Å². The number of nitriles is 1. The molecule has 0 spiro atoms. The van der Waals surface area contributed by atoms with Crippen LogP contribution in [-0.4, -0.2) is 7.11 Å². The lowest BCUT2D eigenvalue weighted by Gasteiger charge is -2.16. The van der Waals surface area contributed by atoms with Gasteiger partial charge in [-0.3, -0.25) is 0 Å². The van der Waals surface area contributed by atoms with E-state index in [9.17, 15) is 5.26 Å². The number of hydrogen-bond donors (Lipinski definition) is 0. The lowest BCUT2D eigenvalue weighted by Crippen LogP contribution is -2.00. The molecule has 31 heavy (non-hydrogen) atoms. The van der Waals surface area contributed by atoms with Gasteiger partial charge >= 0.3 is 0 Å². The van der Waals surface area contributed by atoms with E-state index in [1.165, 1.54) is 0 Å². The summed E-state index contributed by atoms with van der Waals surface area (Å²) >= 11 is 22.7. The molecule has 0 unspecified atom stereocenters. The Hall–Kier alpha value is -1.49. The highest BCUT2D eigenvalue weighted by Crippen LogP contribution is 2.44. The molecule has 0 atom stereocenters. The number of hydrogen-bond acceptors (Lipinski definition) is 3. The largest absolute Gasteiger partial charge is 0.493 e. The summed E-state index contributed by atoms with van der Waals surface area (Å²) in [6, 6.07) is 17.0. The zero-order chi connectivity index (χ0) is 22.5. The van der Waals surface area contributed by atoms with E-state index in [0.29, 0.717) is 31.6 Å². The van der Waals surface area contributed by atoms with Crippen molar-refractivity contribution in [2.24, 2.45) is 0 Å². The molecule has 0 aliphatic rings. The second-order valence-electron chi connectivity index (χ2n) is 6.34. The summed E-state index contributed by atoms with van der Waals surface area (Å²) in [5, 5.41) is 10.6. The first-order valence-electron chi connectivity index (χ1n) is 8.84. The molecule has 0 saturated heterocycles. The first-order valence-corrected chi connectivity index (χ1v) is 12.0. The fourth-order valence-electron chi connectivity index (χ4n) is 2.77. The zero-order valence-electron chi connectivity index (χ0n) is 16.1. The van der Waals surface area contributed by atoms with Crippen LogP contribution in [0.25, 0.3) is 11.6 Å². The summed E-state index contributed by atoms with van der Waals surface area (Å²) in [5.41, 5.74) is 2.95. The van der Waals surface area contributed by atoms with E-state index in [0.717, 1.165) is 25.6 Å². The Morgan fingerprint density at radius 3 is 2.45 bits per heavy atom. The molecule has 3 aromatic rings. The predicted octanol–water partition coefficient (Wildman–Crippen LogP) is 8.93. The average molecular weight is 647 g/mol. The van der Waals surface area contributed by atoms with Gasteiger partial charge in [-0.25, -0.2) is 0 Å². The quantitative estimate of drug-likeness (QED) is 0.198. The molecule has 0 saturated carbocycles. The van der Waals surface area contributed by atoms with Gasteiger partial charge in [0.1, 0.15) is 6.61 Å². The Bertz CT molecular complexity index is 1210. The minimum absolute atomic E-state index is 0.273. The van der Waals surface area contributed by atoms with Crippen LogP contribution in [0.2, 0.25) is 10.0 Å². The smallest absolute Gasteiger partial charge is 0.177 e. The summed E-state index contributed by atoms with van der Waals surface area (Å²) in [4.78, 5) is 0. The molecule has 0 radical (unpaired) electrons. The van der Waals surface area contributed by atoms with Gasteiger partial charge in [0.15, 0.2) is 11.5 Å². The van der Waals surface area contributed by atoms with Crippen LogP contribution in [0.3, 0.4) is 0 Å². The molecule has 0 aliphatic carbocycles. The number of halogens is 5. The van der Waals surface area contributed by atoms with Gasteiger partial charge in [0.2, 0.25) is 0 Å². The minimum atomic E-state index is 0.273. The maximum absolute atomic E-state index is 9.69. The summed E-state index contributed by atoms with van der Waals surface area (Å²) in [6.45, 7) is 0.273. The molecule has 0 amide bonds. The highest BCUT2D eigenvalue weighted by molar-refractivity contribution is 9.13. The van der Waals surface area contributed by atoms with E-state index in [-0.39, 0.29) is 6.61 Å². The van der Waals surface area contributed by atoms with Crippen LogP contribution in [0.1, 0.15) is 16.7 Å². The molecule has 3 rings (SSSR count). The normalized spacial score (nSPS) is 11.2. The van der Waals surface area contributed by atoms with Gasteiger partial charge in [0.05, 0.1) is 33.3 Å². The maximum atomic E-state index is 9.69. The molecule has 3 aromatic carbocycles. The van der Waals surface area contributed by atoms with Crippen LogP contribution < -0.4 is 9.47 Å². The van der Waals surface area contributed by atoms with Crippen LogP contribution in [-0.2, 0) is 6.61 Å². The summed E-state index contributed by atoms with van der Waals surface area (Å²) < 4.78 is 13.9. The first-order chi connectivity index (χ1) is 14.8. The van der Waals surface area contributed by atoms with E-state index in [1.54, 1.807) is 25.3 Å². The van der Waals surface area contributed by atoms with Crippen LogP contribution in [0.15, 0.2) is 61.9 Å². The third kappa shape index (κ3) is 5.85. The number of benzene rings is 3. The van der Waals surface area contributed by atoms with E-state index in [4.69, 9.17) is 32.7 Å². The van der Waals surface area contributed by atoms with Gasteiger partial charge in [-0.15, -0.1) is 0 Å². The monoisotopic (exact) mass is 643 g/mol. The van der Waals surface area contributed by atoms with Crippen molar-refractivity contribution >= 4 is 82.6 Å². The number of allylic oxidation sites excluding steroid dienone is 1. The molecular weight excluding hydrogens is 633 g/mol. The summed E-state index contributed by atoms with van der Waals surface area (Å²) in [5.74, 6) is 1.05. The first kappa shape index (κ1) is 24.2. The molecule has 8 heteroatoms. The SMILES string of the molecule is COc1cc(/C=C(/C#N)c2cccc(Br)c2)c(Br)c(Br)c1OCc1ccc(Cl)c(Cl)c1. The lowest BCUT2D eigenvalue weighted by atomic mass is 10.0. The van der Waals surface area contributed by atoms with Gasteiger partial charge in [-0.05, 0) is 85.0 Å². The van der Waals surface area contributed by atoms with E-state index < -0.39 is 0 Å². The molecule has 3 nitrogen and oxygen atoms in total. The topological polar surface area (TPSA) is 42.2 Å². The van der Waals surface area contributed by atoms with Crippen molar-refractivity contribution < 1.29 is 9.47 Å². The molecule has 0 bridgehead atoms. The summed E-state index contributed by atoms with van der Waals surface area (Å²) in [7, 11) is 1.56. The molecule has 0 N–H and O–H groups in total. The standard InChI is InChI=1S/C23H14Br3Cl2NO2/c1-30-20-10-15(8-16(11-29)14-3-2-4-17(24)9-14)21(25)22(26)23(20)31-12-13-5-6-18(27)19(28)7-13/h2-10H,12H2,1H3/b16-8-. The second-order valence-corrected chi connectivity index (χ2v) is 9.66. The zero-order valence-corrected chi connectivity index (χ0v) is 22.3. The number of methoxy groups -OCH3 is 1. The van der Waals surface area contributed by atoms with Gasteiger partial charge < -0.3 is 9.47 Å². The van der Waals surface area contributed by atoms with Crippen LogP contribution in [0, 0.1) is 11.3 Å². The second kappa shape index (κ2) is 10.9. The van der Waals surface area contributed by atoms with Crippen LogP contribution >= 0.6 is 71.0 Å². The fourth-order valence-corrected chi connectivity index (χ4v) is 4.44. The Kier molecular flexibility index (Phi) is 8.49. The van der Waals surface area contributed by atoms with Crippen molar-refractivity contribution in [3.05, 3.63) is 88.7 Å².